The van der Waals surface area contributed by atoms with Gasteiger partial charge >= 0.3 is 6.03 Å². The summed E-state index contributed by atoms with van der Waals surface area (Å²) in [5, 5.41) is 3.81. The van der Waals surface area contributed by atoms with E-state index in [2.05, 4.69) is 22.1 Å². The lowest BCUT2D eigenvalue weighted by atomic mass is 10.0. The van der Waals surface area contributed by atoms with E-state index in [1.54, 1.807) is 4.90 Å². The third-order valence-corrected chi connectivity index (χ3v) is 6.71. The number of amides is 2. The Bertz CT molecular complexity index is 1210. The number of hydrogen-bond donors (Lipinski definition) is 2. The zero-order chi connectivity index (χ0) is 23.5. The van der Waals surface area contributed by atoms with Gasteiger partial charge in [-0.05, 0) is 86.6 Å². The van der Waals surface area contributed by atoms with E-state index in [9.17, 15) is 14.0 Å². The molecule has 3 aromatic rings. The van der Waals surface area contributed by atoms with Crippen molar-refractivity contribution in [1.82, 2.24) is 14.8 Å². The lowest BCUT2D eigenvalue weighted by Gasteiger charge is -2.30. The second kappa shape index (κ2) is 9.75. The van der Waals surface area contributed by atoms with E-state index in [4.69, 9.17) is 0 Å². The number of likely N-dealkylation sites (N-methyl/N-ethyl adjacent to an activating group) is 1. The van der Waals surface area contributed by atoms with Crippen LogP contribution in [0.4, 0.5) is 14.9 Å². The van der Waals surface area contributed by atoms with Crippen molar-refractivity contribution in [2.75, 3.05) is 25.0 Å². The second-order valence-electron chi connectivity index (χ2n) is 8.84. The molecule has 1 saturated heterocycles. The van der Waals surface area contributed by atoms with Gasteiger partial charge < -0.3 is 15.2 Å². The van der Waals surface area contributed by atoms with Crippen molar-refractivity contribution in [3.8, 4) is 0 Å². The molecule has 2 amide bonds. The van der Waals surface area contributed by atoms with E-state index >= 15 is 0 Å². The highest BCUT2D eigenvalue weighted by atomic mass is 19.1. The molecule has 1 aromatic heterocycles. The first-order valence-corrected chi connectivity index (χ1v) is 11.5. The molecule has 0 unspecified atom stereocenters. The van der Waals surface area contributed by atoms with Crippen LogP contribution in [0.1, 0.15) is 36.5 Å². The van der Waals surface area contributed by atoms with Crippen LogP contribution in [0.25, 0.3) is 10.9 Å². The van der Waals surface area contributed by atoms with Crippen molar-refractivity contribution in [2.45, 2.75) is 46.2 Å². The van der Waals surface area contributed by atoms with Crippen molar-refractivity contribution in [3.63, 3.8) is 0 Å². The molecule has 33 heavy (non-hydrogen) atoms. The molecule has 1 atom stereocenters. The monoisotopic (exact) mass is 450 g/mol. The van der Waals surface area contributed by atoms with Crippen molar-refractivity contribution < 1.29 is 9.18 Å². The first-order chi connectivity index (χ1) is 15.9. The second-order valence-corrected chi connectivity index (χ2v) is 8.84. The van der Waals surface area contributed by atoms with Crippen molar-refractivity contribution in [2.24, 2.45) is 0 Å². The quantitative estimate of drug-likeness (QED) is 0.567. The number of pyridine rings is 1. The highest BCUT2D eigenvalue weighted by Gasteiger charge is 2.28. The zero-order valence-electron chi connectivity index (χ0n) is 19.5. The lowest BCUT2D eigenvalue weighted by molar-refractivity contribution is 0.174. The fourth-order valence-electron chi connectivity index (χ4n) is 4.62. The summed E-state index contributed by atoms with van der Waals surface area (Å²) in [4.78, 5) is 33.3. The average molecular weight is 451 g/mol. The fourth-order valence-corrected chi connectivity index (χ4v) is 4.62. The number of aryl methyl sites for hydroxylation is 2. The van der Waals surface area contributed by atoms with E-state index in [-0.39, 0.29) is 30.0 Å². The Balaban J connectivity index is 1.63. The Labute approximate surface area is 193 Å². The molecule has 7 heteroatoms. The van der Waals surface area contributed by atoms with Crippen LogP contribution in [0.3, 0.4) is 0 Å². The van der Waals surface area contributed by atoms with Gasteiger partial charge in [0.2, 0.25) is 0 Å². The third-order valence-electron chi connectivity index (χ3n) is 6.71. The minimum Gasteiger partial charge on any atom is -0.321 e. The van der Waals surface area contributed by atoms with Gasteiger partial charge in [-0.2, -0.15) is 0 Å². The maximum atomic E-state index is 13.3. The number of aromatic amines is 1. The summed E-state index contributed by atoms with van der Waals surface area (Å²) in [5.74, 6) is -0.359. The van der Waals surface area contributed by atoms with Crippen molar-refractivity contribution in [3.05, 3.63) is 75.3 Å². The van der Waals surface area contributed by atoms with Crippen LogP contribution in [-0.2, 0) is 6.54 Å². The van der Waals surface area contributed by atoms with Crippen LogP contribution in [0.2, 0.25) is 0 Å². The Morgan fingerprint density at radius 1 is 1.21 bits per heavy atom. The number of fused-ring (bicyclic) bond motifs is 1. The normalized spacial score (nSPS) is 16.3. The Kier molecular flexibility index (Phi) is 6.79. The highest BCUT2D eigenvalue weighted by molar-refractivity contribution is 5.89. The van der Waals surface area contributed by atoms with Gasteiger partial charge in [0.1, 0.15) is 5.82 Å². The predicted molar refractivity (Wildman–Crippen MR) is 130 cm³/mol. The average Bonchev–Trinajstić information content (AvgIpc) is 3.25. The van der Waals surface area contributed by atoms with Gasteiger partial charge in [0.15, 0.2) is 0 Å². The first-order valence-electron chi connectivity index (χ1n) is 11.5. The molecule has 0 spiro atoms. The number of nitrogens with zero attached hydrogens (tertiary/aromatic N) is 2. The summed E-state index contributed by atoms with van der Waals surface area (Å²) >= 11 is 0. The zero-order valence-corrected chi connectivity index (χ0v) is 19.5. The number of H-pyrrole nitrogens is 1. The smallest absolute Gasteiger partial charge is 0.321 e. The predicted octanol–water partition coefficient (Wildman–Crippen LogP) is 4.80. The van der Waals surface area contributed by atoms with Gasteiger partial charge in [-0.25, -0.2) is 9.18 Å². The van der Waals surface area contributed by atoms with Crippen molar-refractivity contribution in [1.29, 1.82) is 0 Å². The molecule has 174 valence electrons. The summed E-state index contributed by atoms with van der Waals surface area (Å²) in [5.41, 5.74) is 3.87. The minimum atomic E-state index is -0.359. The van der Waals surface area contributed by atoms with E-state index in [0.29, 0.717) is 17.8 Å². The Morgan fingerprint density at radius 2 is 1.97 bits per heavy atom. The minimum absolute atomic E-state index is 0.186. The van der Waals surface area contributed by atoms with Gasteiger partial charge in [0.25, 0.3) is 5.56 Å². The van der Waals surface area contributed by atoms with E-state index in [1.807, 2.05) is 32.0 Å². The molecular formula is C26H31FN4O2. The lowest BCUT2D eigenvalue weighted by Crippen LogP contribution is -2.45. The largest absolute Gasteiger partial charge is 0.322 e. The highest BCUT2D eigenvalue weighted by Crippen LogP contribution is 2.22. The van der Waals surface area contributed by atoms with Gasteiger partial charge in [0.05, 0.1) is 12.1 Å². The number of halogens is 1. The summed E-state index contributed by atoms with van der Waals surface area (Å²) in [7, 11) is 0. The number of hydrogen-bond acceptors (Lipinski definition) is 3. The molecule has 2 aromatic carbocycles. The van der Waals surface area contributed by atoms with Crippen LogP contribution < -0.4 is 10.9 Å². The van der Waals surface area contributed by atoms with Crippen LogP contribution in [-0.4, -0.2) is 46.5 Å². The number of aromatic nitrogens is 1. The number of carbonyl (C=O) groups is 1. The molecule has 2 N–H and O–H groups in total. The summed E-state index contributed by atoms with van der Waals surface area (Å²) < 4.78 is 13.3. The maximum Gasteiger partial charge on any atom is 0.322 e. The molecule has 0 aliphatic carbocycles. The van der Waals surface area contributed by atoms with E-state index in [1.165, 1.54) is 24.3 Å². The van der Waals surface area contributed by atoms with Gasteiger partial charge in [0, 0.05) is 23.8 Å². The topological polar surface area (TPSA) is 68.4 Å². The molecular weight excluding hydrogens is 419 g/mol. The molecule has 1 aliphatic rings. The molecule has 0 saturated carbocycles. The van der Waals surface area contributed by atoms with Gasteiger partial charge in [-0.15, -0.1) is 0 Å². The molecule has 1 fully saturated rings. The molecule has 6 nitrogen and oxygen atoms in total. The summed E-state index contributed by atoms with van der Waals surface area (Å²) in [6, 6.07) is 11.6. The molecule has 2 heterocycles. The number of rotatable bonds is 6. The number of anilines is 1. The Hall–Kier alpha value is -3.19. The number of carbonyl (C=O) groups excluding carboxylic acids is 1. The summed E-state index contributed by atoms with van der Waals surface area (Å²) in [6.45, 7) is 8.79. The Morgan fingerprint density at radius 3 is 2.70 bits per heavy atom. The van der Waals surface area contributed by atoms with E-state index in [0.717, 1.165) is 48.0 Å². The maximum absolute atomic E-state index is 13.3. The fraction of sp³-hybridized carbons (Fsp3) is 0.385. The molecule has 1 aliphatic heterocycles. The first kappa shape index (κ1) is 23.0. The number of urea groups is 1. The van der Waals surface area contributed by atoms with Crippen LogP contribution in [0, 0.1) is 19.7 Å². The third kappa shape index (κ3) is 5.09. The van der Waals surface area contributed by atoms with Crippen molar-refractivity contribution >= 4 is 22.6 Å². The molecule has 0 radical (unpaired) electrons. The van der Waals surface area contributed by atoms with Crippen LogP contribution in [0.5, 0.6) is 0 Å². The SMILES string of the molecule is CCN1CCC[C@@H]1CN(Cc1cc2ccc(C)c(C)c2[nH]c1=O)C(=O)Nc1ccc(F)cc1. The van der Waals surface area contributed by atoms with Crippen LogP contribution in [0.15, 0.2) is 47.3 Å². The standard InChI is InChI=1S/C26H31FN4O2/c1-4-30-13-5-6-23(30)16-31(26(33)28-22-11-9-21(27)10-12-22)15-20-14-19-8-7-17(2)18(3)24(19)29-25(20)32/h7-12,14,23H,4-6,13,15-16H2,1-3H3,(H,28,33)(H,29,32)/t23-/m1/s1. The molecule has 4 rings (SSSR count). The van der Waals surface area contributed by atoms with Gasteiger partial charge in [-0.3, -0.25) is 9.69 Å². The van der Waals surface area contributed by atoms with E-state index < -0.39 is 0 Å². The summed E-state index contributed by atoms with van der Waals surface area (Å²) in [6.07, 6.45) is 2.11. The molecule has 0 bridgehead atoms. The van der Waals surface area contributed by atoms with Crippen LogP contribution >= 0.6 is 0 Å². The number of nitrogens with one attached hydrogen (secondary N) is 2. The number of benzene rings is 2. The van der Waals surface area contributed by atoms with Gasteiger partial charge in [-0.1, -0.05) is 19.1 Å². The number of likely N-dealkylation sites (tertiary alicyclic amines) is 1.